The Morgan fingerprint density at radius 1 is 1.42 bits per heavy atom. The molecule has 0 radical (unpaired) electrons. The van der Waals surface area contributed by atoms with E-state index in [9.17, 15) is 13.6 Å². The molecule has 2 unspecified atom stereocenters. The van der Waals surface area contributed by atoms with E-state index in [-0.39, 0.29) is 11.9 Å². The van der Waals surface area contributed by atoms with Crippen LogP contribution in [0.3, 0.4) is 0 Å². The standard InChI is InChI=1S/C14H18F2N2O/c1-3-11-14(19)18(8-12(15)16)13(17-11)10-6-4-5-9(2)7-10/h4-7,11-13,17H,3,8H2,1-2H3. The van der Waals surface area contributed by atoms with Gasteiger partial charge in [0.2, 0.25) is 5.91 Å². The third kappa shape index (κ3) is 2.92. The zero-order chi connectivity index (χ0) is 14.0. The number of hydrogen-bond donors (Lipinski definition) is 1. The molecule has 1 N–H and O–H groups in total. The number of nitrogens with one attached hydrogen (secondary N) is 1. The Bertz CT molecular complexity index is 465. The van der Waals surface area contributed by atoms with Crippen molar-refractivity contribution in [2.45, 2.75) is 38.9 Å². The summed E-state index contributed by atoms with van der Waals surface area (Å²) in [6.07, 6.45) is -2.37. The fourth-order valence-electron chi connectivity index (χ4n) is 2.43. The van der Waals surface area contributed by atoms with Crippen molar-refractivity contribution >= 4 is 5.91 Å². The molecular formula is C14H18F2N2O. The van der Waals surface area contributed by atoms with Gasteiger partial charge in [-0.15, -0.1) is 0 Å². The maximum absolute atomic E-state index is 12.6. The van der Waals surface area contributed by atoms with Crippen LogP contribution in [-0.2, 0) is 4.79 Å². The molecule has 2 rings (SSSR count). The molecule has 0 saturated carbocycles. The number of carbonyl (C=O) groups excluding carboxylic acids is 1. The Balaban J connectivity index is 2.28. The van der Waals surface area contributed by atoms with Crippen LogP contribution < -0.4 is 5.32 Å². The smallest absolute Gasteiger partial charge is 0.255 e. The lowest BCUT2D eigenvalue weighted by Gasteiger charge is -2.24. The lowest BCUT2D eigenvalue weighted by Crippen LogP contribution is -2.34. The molecule has 0 aromatic heterocycles. The summed E-state index contributed by atoms with van der Waals surface area (Å²) >= 11 is 0. The Kier molecular flexibility index (Phi) is 4.14. The molecule has 3 nitrogen and oxygen atoms in total. The van der Waals surface area contributed by atoms with E-state index in [0.717, 1.165) is 11.1 Å². The zero-order valence-electron chi connectivity index (χ0n) is 11.1. The van der Waals surface area contributed by atoms with E-state index in [0.29, 0.717) is 6.42 Å². The second-order valence-electron chi connectivity index (χ2n) is 4.83. The van der Waals surface area contributed by atoms with Crippen LogP contribution in [0.5, 0.6) is 0 Å². The van der Waals surface area contributed by atoms with Gasteiger partial charge < -0.3 is 4.90 Å². The predicted octanol–water partition coefficient (Wildman–Crippen LogP) is 2.47. The number of hydrogen-bond acceptors (Lipinski definition) is 2. The van der Waals surface area contributed by atoms with Crippen molar-refractivity contribution < 1.29 is 13.6 Å². The predicted molar refractivity (Wildman–Crippen MR) is 68.9 cm³/mol. The molecule has 0 spiro atoms. The highest BCUT2D eigenvalue weighted by Gasteiger charge is 2.39. The van der Waals surface area contributed by atoms with Crippen LogP contribution in [0.15, 0.2) is 24.3 Å². The van der Waals surface area contributed by atoms with Crippen LogP contribution >= 0.6 is 0 Å². The summed E-state index contributed by atoms with van der Waals surface area (Å²) in [6, 6.07) is 7.21. The summed E-state index contributed by atoms with van der Waals surface area (Å²) < 4.78 is 25.3. The summed E-state index contributed by atoms with van der Waals surface area (Å²) in [5, 5.41) is 3.13. The lowest BCUT2D eigenvalue weighted by atomic mass is 10.1. The molecule has 1 aliphatic rings. The molecule has 1 saturated heterocycles. The Hall–Kier alpha value is -1.49. The SMILES string of the molecule is CCC1NC(c2cccc(C)c2)N(CC(F)F)C1=O. The minimum Gasteiger partial charge on any atom is -0.316 e. The number of halogens is 2. The number of amides is 1. The van der Waals surface area contributed by atoms with Gasteiger partial charge in [-0.05, 0) is 18.9 Å². The first-order valence-corrected chi connectivity index (χ1v) is 6.44. The molecule has 1 aromatic rings. The molecule has 0 aliphatic carbocycles. The maximum Gasteiger partial charge on any atom is 0.255 e. The molecule has 1 amide bonds. The van der Waals surface area contributed by atoms with Gasteiger partial charge in [-0.1, -0.05) is 36.8 Å². The minimum absolute atomic E-state index is 0.241. The van der Waals surface area contributed by atoms with Gasteiger partial charge in [0.1, 0.15) is 6.17 Å². The average molecular weight is 268 g/mol. The number of aryl methyl sites for hydroxylation is 1. The lowest BCUT2D eigenvalue weighted by molar-refractivity contribution is -0.132. The molecule has 1 aliphatic heterocycles. The normalized spacial score (nSPS) is 23.4. The average Bonchev–Trinajstić information content (AvgIpc) is 2.66. The number of benzene rings is 1. The van der Waals surface area contributed by atoms with E-state index in [2.05, 4.69) is 5.32 Å². The van der Waals surface area contributed by atoms with E-state index in [4.69, 9.17) is 0 Å². The number of nitrogens with zero attached hydrogens (tertiary/aromatic N) is 1. The first-order chi connectivity index (χ1) is 9.02. The van der Waals surface area contributed by atoms with E-state index >= 15 is 0 Å². The van der Waals surface area contributed by atoms with E-state index < -0.39 is 19.1 Å². The van der Waals surface area contributed by atoms with Crippen LogP contribution in [0, 0.1) is 6.92 Å². The summed E-state index contributed by atoms with van der Waals surface area (Å²) in [4.78, 5) is 13.3. The Morgan fingerprint density at radius 2 is 2.16 bits per heavy atom. The van der Waals surface area contributed by atoms with Crippen LogP contribution in [-0.4, -0.2) is 29.8 Å². The van der Waals surface area contributed by atoms with Crippen molar-refractivity contribution in [1.82, 2.24) is 10.2 Å². The highest BCUT2D eigenvalue weighted by atomic mass is 19.3. The quantitative estimate of drug-likeness (QED) is 0.909. The van der Waals surface area contributed by atoms with E-state index in [1.165, 1.54) is 4.90 Å². The second kappa shape index (κ2) is 5.65. The monoisotopic (exact) mass is 268 g/mol. The van der Waals surface area contributed by atoms with Gasteiger partial charge in [-0.2, -0.15) is 0 Å². The maximum atomic E-state index is 12.6. The molecule has 5 heteroatoms. The van der Waals surface area contributed by atoms with Gasteiger partial charge in [0.25, 0.3) is 6.43 Å². The molecule has 1 aromatic carbocycles. The van der Waals surface area contributed by atoms with Gasteiger partial charge in [-0.3, -0.25) is 10.1 Å². The number of rotatable bonds is 4. The van der Waals surface area contributed by atoms with Crippen LogP contribution in [0.4, 0.5) is 8.78 Å². The Morgan fingerprint density at radius 3 is 2.74 bits per heavy atom. The summed E-state index contributed by atoms with van der Waals surface area (Å²) in [5.74, 6) is -0.241. The van der Waals surface area contributed by atoms with Crippen molar-refractivity contribution in [1.29, 1.82) is 0 Å². The van der Waals surface area contributed by atoms with Crippen LogP contribution in [0.25, 0.3) is 0 Å². The van der Waals surface area contributed by atoms with Crippen molar-refractivity contribution in [3.8, 4) is 0 Å². The number of carbonyl (C=O) groups is 1. The summed E-state index contributed by atoms with van der Waals surface area (Å²) in [6.45, 7) is 3.28. The first-order valence-electron chi connectivity index (χ1n) is 6.44. The fourth-order valence-corrected chi connectivity index (χ4v) is 2.43. The molecule has 1 heterocycles. The van der Waals surface area contributed by atoms with Gasteiger partial charge in [-0.25, -0.2) is 8.78 Å². The molecule has 104 valence electrons. The Labute approximate surface area is 111 Å². The van der Waals surface area contributed by atoms with Crippen molar-refractivity contribution in [3.63, 3.8) is 0 Å². The first kappa shape index (κ1) is 13.9. The third-order valence-electron chi connectivity index (χ3n) is 3.35. The van der Waals surface area contributed by atoms with Crippen molar-refractivity contribution in [2.75, 3.05) is 6.54 Å². The number of alkyl halides is 2. The molecule has 2 atom stereocenters. The van der Waals surface area contributed by atoms with Crippen LogP contribution in [0.2, 0.25) is 0 Å². The summed E-state index contributed by atoms with van der Waals surface area (Å²) in [5.41, 5.74) is 1.90. The summed E-state index contributed by atoms with van der Waals surface area (Å²) in [7, 11) is 0. The molecule has 0 bridgehead atoms. The minimum atomic E-state index is -2.52. The zero-order valence-corrected chi connectivity index (χ0v) is 11.1. The van der Waals surface area contributed by atoms with Crippen LogP contribution in [0.1, 0.15) is 30.6 Å². The highest BCUT2D eigenvalue weighted by Crippen LogP contribution is 2.27. The van der Waals surface area contributed by atoms with Gasteiger partial charge in [0.05, 0.1) is 12.6 Å². The van der Waals surface area contributed by atoms with E-state index in [1.807, 2.05) is 38.1 Å². The van der Waals surface area contributed by atoms with E-state index in [1.54, 1.807) is 0 Å². The third-order valence-corrected chi connectivity index (χ3v) is 3.35. The van der Waals surface area contributed by atoms with Crippen molar-refractivity contribution in [2.24, 2.45) is 0 Å². The van der Waals surface area contributed by atoms with Gasteiger partial charge >= 0.3 is 0 Å². The largest absolute Gasteiger partial charge is 0.316 e. The van der Waals surface area contributed by atoms with Gasteiger partial charge in [0.15, 0.2) is 0 Å². The highest BCUT2D eigenvalue weighted by molar-refractivity contribution is 5.84. The van der Waals surface area contributed by atoms with Crippen molar-refractivity contribution in [3.05, 3.63) is 35.4 Å². The fraction of sp³-hybridized carbons (Fsp3) is 0.500. The topological polar surface area (TPSA) is 32.3 Å². The second-order valence-corrected chi connectivity index (χ2v) is 4.83. The van der Waals surface area contributed by atoms with Gasteiger partial charge in [0, 0.05) is 0 Å². The molecule has 19 heavy (non-hydrogen) atoms. The molecule has 1 fully saturated rings. The molecular weight excluding hydrogens is 250 g/mol.